The maximum Gasteiger partial charge on any atom is 0.268 e. The van der Waals surface area contributed by atoms with Crippen LogP contribution in [0.5, 0.6) is 0 Å². The topological polar surface area (TPSA) is 141 Å². The van der Waals surface area contributed by atoms with Crippen LogP contribution < -0.4 is 10.6 Å². The van der Waals surface area contributed by atoms with Gasteiger partial charge in [-0.15, -0.1) is 22.7 Å². The third-order valence-corrected chi connectivity index (χ3v) is 7.63. The molecule has 4 aromatic heterocycles. The van der Waals surface area contributed by atoms with E-state index >= 15 is 0 Å². The molecule has 12 heteroatoms. The summed E-state index contributed by atoms with van der Waals surface area (Å²) in [5.74, 6) is -0.423. The lowest BCUT2D eigenvalue weighted by molar-refractivity contribution is 0.0939. The van der Waals surface area contributed by atoms with Gasteiger partial charge in [0.25, 0.3) is 11.8 Å². The number of nitrogens with one attached hydrogen (secondary N) is 4. The minimum absolute atomic E-state index is 0.142. The number of fused-ring (bicyclic) bond motifs is 2. The first kappa shape index (κ1) is 22.9. The summed E-state index contributed by atoms with van der Waals surface area (Å²) in [6.45, 7) is 2.75. The molecule has 0 saturated carbocycles. The summed E-state index contributed by atoms with van der Waals surface area (Å²) in [5, 5.41) is 22.5. The van der Waals surface area contributed by atoms with Gasteiger partial charge in [0, 0.05) is 43.7 Å². The van der Waals surface area contributed by atoms with Crippen LogP contribution in [0.3, 0.4) is 0 Å². The number of aromatic amines is 1. The van der Waals surface area contributed by atoms with E-state index in [1.165, 1.54) is 28.9 Å². The molecule has 0 aliphatic rings. The number of thiazole rings is 2. The Labute approximate surface area is 207 Å². The van der Waals surface area contributed by atoms with Crippen molar-refractivity contribution in [3.63, 3.8) is 0 Å². The van der Waals surface area contributed by atoms with Gasteiger partial charge < -0.3 is 20.6 Å². The predicted octanol–water partition coefficient (Wildman–Crippen LogP) is 3.24. The Balaban J connectivity index is 1.40. The fourth-order valence-electron chi connectivity index (χ4n) is 4.04. The van der Waals surface area contributed by atoms with Gasteiger partial charge in [-0.3, -0.25) is 14.7 Å². The Hall–Kier alpha value is -3.90. The van der Waals surface area contributed by atoms with Gasteiger partial charge in [-0.25, -0.2) is 9.97 Å². The molecule has 35 heavy (non-hydrogen) atoms. The second-order valence-electron chi connectivity index (χ2n) is 7.82. The molecule has 0 atom stereocenters. The van der Waals surface area contributed by atoms with Crippen LogP contribution in [0.15, 0.2) is 29.9 Å². The van der Waals surface area contributed by atoms with E-state index in [9.17, 15) is 9.59 Å². The third-order valence-electron chi connectivity index (χ3n) is 5.68. The first-order valence-corrected chi connectivity index (χ1v) is 12.6. The van der Waals surface area contributed by atoms with Crippen molar-refractivity contribution < 1.29 is 9.59 Å². The highest BCUT2D eigenvalue weighted by atomic mass is 32.1. The number of rotatable bonds is 8. The molecule has 0 saturated heterocycles. The van der Waals surface area contributed by atoms with Crippen LogP contribution in [0.25, 0.3) is 21.3 Å². The molecule has 0 radical (unpaired) electrons. The van der Waals surface area contributed by atoms with Gasteiger partial charge >= 0.3 is 0 Å². The van der Waals surface area contributed by atoms with Crippen LogP contribution in [-0.2, 0) is 20.0 Å². The highest BCUT2D eigenvalue weighted by Crippen LogP contribution is 2.31. The molecule has 1 aromatic carbocycles. The minimum atomic E-state index is -0.281. The summed E-state index contributed by atoms with van der Waals surface area (Å²) in [5.41, 5.74) is 5.71. The molecule has 4 N–H and O–H groups in total. The molecule has 0 unspecified atom stereocenters. The average Bonchev–Trinajstić information content (AvgIpc) is 3.63. The van der Waals surface area contributed by atoms with Crippen LogP contribution >= 0.6 is 22.7 Å². The maximum absolute atomic E-state index is 13.1. The number of carbonyl (C=O) groups is 2. The van der Waals surface area contributed by atoms with Gasteiger partial charge in [-0.2, -0.15) is 5.10 Å². The van der Waals surface area contributed by atoms with Gasteiger partial charge in [0.2, 0.25) is 0 Å². The third kappa shape index (κ3) is 4.10. The van der Waals surface area contributed by atoms with E-state index in [0.717, 1.165) is 26.2 Å². The van der Waals surface area contributed by atoms with E-state index in [4.69, 9.17) is 10.4 Å². The molecule has 0 aliphatic heterocycles. The van der Waals surface area contributed by atoms with Crippen molar-refractivity contribution in [2.24, 2.45) is 7.05 Å². The lowest BCUT2D eigenvalue weighted by Gasteiger charge is -2.08. The summed E-state index contributed by atoms with van der Waals surface area (Å²) in [4.78, 5) is 35.1. The first-order valence-electron chi connectivity index (χ1n) is 10.9. The summed E-state index contributed by atoms with van der Waals surface area (Å²) < 4.78 is 2.48. The maximum atomic E-state index is 13.1. The molecule has 178 valence electrons. The predicted molar refractivity (Wildman–Crippen MR) is 137 cm³/mol. The summed E-state index contributed by atoms with van der Waals surface area (Å²) in [6.07, 6.45) is 3.34. The zero-order valence-electron chi connectivity index (χ0n) is 19.0. The lowest BCUT2D eigenvalue weighted by atomic mass is 10.1. The van der Waals surface area contributed by atoms with E-state index < -0.39 is 0 Å². The van der Waals surface area contributed by atoms with E-state index in [-0.39, 0.29) is 11.8 Å². The van der Waals surface area contributed by atoms with Crippen molar-refractivity contribution in [1.29, 1.82) is 5.41 Å². The lowest BCUT2D eigenvalue weighted by Crippen LogP contribution is -2.26. The Morgan fingerprint density at radius 1 is 1.26 bits per heavy atom. The highest BCUT2D eigenvalue weighted by Gasteiger charge is 2.24. The van der Waals surface area contributed by atoms with Gasteiger partial charge in [0.05, 0.1) is 27.6 Å². The van der Waals surface area contributed by atoms with E-state index in [1.807, 2.05) is 25.1 Å². The molecule has 0 spiro atoms. The van der Waals surface area contributed by atoms with E-state index in [2.05, 4.69) is 25.8 Å². The fourth-order valence-corrected chi connectivity index (χ4v) is 5.88. The summed E-state index contributed by atoms with van der Waals surface area (Å²) >= 11 is 2.71. The second kappa shape index (κ2) is 9.39. The van der Waals surface area contributed by atoms with Gasteiger partial charge in [-0.05, 0) is 18.6 Å². The average molecular weight is 507 g/mol. The van der Waals surface area contributed by atoms with Gasteiger partial charge in [0.15, 0.2) is 5.65 Å². The number of benzene rings is 1. The molecule has 2 amide bonds. The molecule has 0 aliphatic carbocycles. The largest absolute Gasteiger partial charge is 0.352 e. The molecule has 5 rings (SSSR count). The van der Waals surface area contributed by atoms with Crippen molar-refractivity contribution in [3.05, 3.63) is 62.3 Å². The Kier molecular flexibility index (Phi) is 6.14. The summed E-state index contributed by atoms with van der Waals surface area (Å²) in [7, 11) is 1.77. The SMILES string of the molecule is CCNC(=O)c1scnc1Cc1nc2c(s1)c(C=N)c(C(=O)NCc1cccc3[nH]ncc13)n2C. The number of carbonyl (C=O) groups excluding carboxylic acids is 2. The van der Waals surface area contributed by atoms with Crippen LogP contribution in [0, 0.1) is 5.41 Å². The highest BCUT2D eigenvalue weighted by molar-refractivity contribution is 7.19. The first-order chi connectivity index (χ1) is 17.0. The number of H-pyrrole nitrogens is 1. The molecule has 0 fully saturated rings. The normalized spacial score (nSPS) is 11.3. The zero-order valence-corrected chi connectivity index (χ0v) is 20.6. The van der Waals surface area contributed by atoms with Crippen molar-refractivity contribution in [2.75, 3.05) is 6.54 Å². The molecule has 4 heterocycles. The Morgan fingerprint density at radius 2 is 2.11 bits per heavy atom. The molecule has 10 nitrogen and oxygen atoms in total. The zero-order chi connectivity index (χ0) is 24.5. The molecular formula is C23H22N8O2S2. The van der Waals surface area contributed by atoms with Crippen LogP contribution in [0.4, 0.5) is 0 Å². The molecule has 5 aromatic rings. The Bertz CT molecular complexity index is 1570. The fraction of sp³-hybridized carbons (Fsp3) is 0.217. The van der Waals surface area contributed by atoms with Crippen LogP contribution in [0.2, 0.25) is 0 Å². The van der Waals surface area contributed by atoms with E-state index in [0.29, 0.717) is 47.0 Å². The number of aryl methyl sites for hydroxylation is 1. The van der Waals surface area contributed by atoms with Crippen molar-refractivity contribution in [3.8, 4) is 0 Å². The second-order valence-corrected chi connectivity index (χ2v) is 9.76. The number of hydrogen-bond donors (Lipinski definition) is 4. The van der Waals surface area contributed by atoms with Crippen molar-refractivity contribution in [1.82, 2.24) is 35.4 Å². The van der Waals surface area contributed by atoms with E-state index in [1.54, 1.807) is 23.3 Å². The van der Waals surface area contributed by atoms with Crippen molar-refractivity contribution >= 4 is 62.0 Å². The summed E-state index contributed by atoms with van der Waals surface area (Å²) in [6, 6.07) is 5.79. The standard InChI is InChI=1S/C23H22N8O2S2/c1-3-25-23(33)20-16(27-11-34-20)7-17-29-21-19(35-17)13(8-24)18(31(21)2)22(32)26-9-12-5-4-6-15-14(12)10-28-30-15/h4-6,8,10-11,24H,3,7,9H2,1-2H3,(H,25,33)(H,26,32)(H,28,30). The van der Waals surface area contributed by atoms with Crippen LogP contribution in [0.1, 0.15) is 48.9 Å². The quantitative estimate of drug-likeness (QED) is 0.239. The monoisotopic (exact) mass is 506 g/mol. The number of aromatic nitrogens is 5. The van der Waals surface area contributed by atoms with Gasteiger partial charge in [0.1, 0.15) is 15.6 Å². The number of nitrogens with zero attached hydrogens (tertiary/aromatic N) is 4. The molecular weight excluding hydrogens is 484 g/mol. The molecule has 0 bridgehead atoms. The minimum Gasteiger partial charge on any atom is -0.352 e. The van der Waals surface area contributed by atoms with Gasteiger partial charge in [-0.1, -0.05) is 12.1 Å². The van der Waals surface area contributed by atoms with Crippen LogP contribution in [-0.4, -0.2) is 49.3 Å². The Morgan fingerprint density at radius 3 is 2.91 bits per heavy atom. The van der Waals surface area contributed by atoms with Crippen molar-refractivity contribution in [2.45, 2.75) is 19.9 Å². The number of amides is 2. The smallest absolute Gasteiger partial charge is 0.268 e. The number of hydrogen-bond acceptors (Lipinski definition) is 8.